The summed E-state index contributed by atoms with van der Waals surface area (Å²) in [6.45, 7) is 8.57. The molecule has 2 aliphatic rings. The van der Waals surface area contributed by atoms with Crippen LogP contribution >= 0.6 is 11.6 Å². The number of anilines is 1. The number of hydrogen-bond donors (Lipinski definition) is 2. The highest BCUT2D eigenvalue weighted by Crippen LogP contribution is 2.46. The van der Waals surface area contributed by atoms with Gasteiger partial charge in [-0.2, -0.15) is 5.10 Å². The Labute approximate surface area is 269 Å². The monoisotopic (exact) mass is 649 g/mol. The van der Waals surface area contributed by atoms with Crippen LogP contribution in [0.25, 0.3) is 16.9 Å². The highest BCUT2D eigenvalue weighted by Gasteiger charge is 2.35. The minimum atomic E-state index is -1.44. The predicted octanol–water partition coefficient (Wildman–Crippen LogP) is 5.86. The minimum Gasteiger partial charge on any atom is -0.490 e. The van der Waals surface area contributed by atoms with E-state index in [1.165, 1.54) is 29.0 Å². The second-order valence-corrected chi connectivity index (χ2v) is 12.4. The van der Waals surface area contributed by atoms with E-state index in [-0.39, 0.29) is 23.6 Å². The summed E-state index contributed by atoms with van der Waals surface area (Å²) in [7, 11) is 0. The first kappa shape index (κ1) is 31.3. The minimum absolute atomic E-state index is 0.0264. The lowest BCUT2D eigenvalue weighted by atomic mass is 9.97. The zero-order valence-corrected chi connectivity index (χ0v) is 26.5. The van der Waals surface area contributed by atoms with Gasteiger partial charge in [-0.15, -0.1) is 0 Å². The highest BCUT2D eigenvalue weighted by molar-refractivity contribution is 6.36. The number of carbonyl (C=O) groups excluding carboxylic acids is 1. The van der Waals surface area contributed by atoms with E-state index in [4.69, 9.17) is 25.8 Å². The summed E-state index contributed by atoms with van der Waals surface area (Å²) in [5, 5.41) is 18.2. The number of aryl methyl sites for hydroxylation is 1. The number of amides is 1. The van der Waals surface area contributed by atoms with Crippen molar-refractivity contribution in [1.29, 1.82) is 0 Å². The third kappa shape index (κ3) is 6.10. The topological polar surface area (TPSA) is 128 Å². The van der Waals surface area contributed by atoms with Gasteiger partial charge in [0, 0.05) is 47.6 Å². The van der Waals surface area contributed by atoms with Crippen molar-refractivity contribution in [2.24, 2.45) is 0 Å². The second kappa shape index (κ2) is 12.3. The van der Waals surface area contributed by atoms with Crippen LogP contribution in [0.4, 0.5) is 10.1 Å². The molecule has 0 radical (unpaired) electrons. The van der Waals surface area contributed by atoms with E-state index in [1.54, 1.807) is 45.9 Å². The molecule has 1 unspecified atom stereocenters. The second-order valence-electron chi connectivity index (χ2n) is 12.0. The number of aromatic nitrogens is 3. The zero-order valence-electron chi connectivity index (χ0n) is 25.8. The maximum Gasteiger partial charge on any atom is 0.337 e. The molecule has 0 fully saturated rings. The Morgan fingerprint density at radius 3 is 2.74 bits per heavy atom. The molecule has 2 aromatic heterocycles. The number of carboxylic acid groups (broad SMARTS) is 1. The fourth-order valence-electron chi connectivity index (χ4n) is 5.62. The summed E-state index contributed by atoms with van der Waals surface area (Å²) >= 11 is 7.21. The maximum atomic E-state index is 14.1. The van der Waals surface area contributed by atoms with Crippen LogP contribution in [0.5, 0.6) is 11.5 Å². The van der Waals surface area contributed by atoms with E-state index in [1.807, 2.05) is 6.08 Å². The van der Waals surface area contributed by atoms with Crippen molar-refractivity contribution in [3.8, 4) is 22.8 Å². The Balaban J connectivity index is 1.60. The molecule has 0 spiro atoms. The molecule has 4 aromatic rings. The van der Waals surface area contributed by atoms with Crippen molar-refractivity contribution in [2.75, 3.05) is 24.6 Å². The molecular formula is C33H33ClFN5O6. The van der Waals surface area contributed by atoms with Crippen LogP contribution in [0.1, 0.15) is 60.6 Å². The predicted molar refractivity (Wildman–Crippen MR) is 169 cm³/mol. The number of hydrogen-bond acceptors (Lipinski definition) is 8. The average molecular weight is 650 g/mol. The zero-order chi connectivity index (χ0) is 32.7. The number of halogens is 2. The van der Waals surface area contributed by atoms with E-state index in [0.717, 1.165) is 0 Å². The quantitative estimate of drug-likeness (QED) is 0.280. The molecule has 2 aromatic carbocycles. The summed E-state index contributed by atoms with van der Waals surface area (Å²) in [5.74, 6) is -1.39. The number of ether oxygens (including phenoxy) is 3. The molecule has 240 valence electrons. The third-order valence-corrected chi connectivity index (χ3v) is 8.00. The largest absolute Gasteiger partial charge is 0.490 e. The number of fused-ring (bicyclic) bond motifs is 4. The normalized spacial score (nSPS) is 15.8. The van der Waals surface area contributed by atoms with Gasteiger partial charge in [0.1, 0.15) is 23.9 Å². The van der Waals surface area contributed by atoms with Crippen molar-refractivity contribution in [1.82, 2.24) is 19.9 Å². The van der Waals surface area contributed by atoms with Gasteiger partial charge in [0.2, 0.25) is 0 Å². The molecule has 13 heteroatoms. The van der Waals surface area contributed by atoms with E-state index in [9.17, 15) is 19.1 Å². The van der Waals surface area contributed by atoms with Crippen LogP contribution in [-0.2, 0) is 16.1 Å². The van der Waals surface area contributed by atoms with Gasteiger partial charge in [-0.05, 0) is 58.4 Å². The molecule has 4 bridgehead atoms. The maximum absolute atomic E-state index is 14.1. The van der Waals surface area contributed by atoms with Crippen molar-refractivity contribution in [3.05, 3.63) is 82.1 Å². The molecule has 46 heavy (non-hydrogen) atoms. The summed E-state index contributed by atoms with van der Waals surface area (Å²) < 4.78 is 33.3. The highest BCUT2D eigenvalue weighted by atomic mass is 35.5. The van der Waals surface area contributed by atoms with Crippen molar-refractivity contribution in [2.45, 2.75) is 52.4 Å². The van der Waals surface area contributed by atoms with Gasteiger partial charge < -0.3 is 29.5 Å². The van der Waals surface area contributed by atoms with Crippen LogP contribution in [-0.4, -0.2) is 56.9 Å². The Morgan fingerprint density at radius 2 is 1.98 bits per heavy atom. The van der Waals surface area contributed by atoms with E-state index in [0.29, 0.717) is 70.7 Å². The third-order valence-electron chi connectivity index (χ3n) is 7.61. The Morgan fingerprint density at radius 1 is 1.17 bits per heavy atom. The van der Waals surface area contributed by atoms with Gasteiger partial charge in [0.15, 0.2) is 17.4 Å². The first-order valence-electron chi connectivity index (χ1n) is 14.8. The molecule has 2 N–H and O–H groups in total. The first-order valence-corrected chi connectivity index (χ1v) is 15.2. The van der Waals surface area contributed by atoms with Crippen LogP contribution in [0.2, 0.25) is 5.02 Å². The number of nitrogens with zero attached hydrogens (tertiary/aromatic N) is 4. The summed E-state index contributed by atoms with van der Waals surface area (Å²) in [6.07, 6.45) is 2.44. The molecular weight excluding hydrogens is 617 g/mol. The lowest BCUT2D eigenvalue weighted by Gasteiger charge is -2.33. The van der Waals surface area contributed by atoms with Crippen molar-refractivity contribution >= 4 is 34.8 Å². The lowest BCUT2D eigenvalue weighted by molar-refractivity contribution is -0.160. The van der Waals surface area contributed by atoms with Crippen LogP contribution in [0.3, 0.4) is 0 Å². The molecule has 2 aliphatic heterocycles. The van der Waals surface area contributed by atoms with E-state index in [2.05, 4.69) is 20.3 Å². The SMILES string of the molecule is Cc1nc2cc3nn2c(c1C(OC(C)(C)C)C(=O)O)-c1ccc2c(c1Cl)N(CCC=COc1cc(F)ccc1CNC3=O)CCO2. The molecule has 0 saturated heterocycles. The average Bonchev–Trinajstić information content (AvgIpc) is 3.42. The number of aliphatic carboxylic acids is 1. The van der Waals surface area contributed by atoms with Crippen molar-refractivity contribution in [3.63, 3.8) is 0 Å². The number of carboxylic acids is 1. The molecule has 1 amide bonds. The van der Waals surface area contributed by atoms with Gasteiger partial charge in [0.25, 0.3) is 5.91 Å². The lowest BCUT2D eigenvalue weighted by Crippen LogP contribution is -2.33. The van der Waals surface area contributed by atoms with Gasteiger partial charge in [-0.1, -0.05) is 17.7 Å². The Hall–Kier alpha value is -4.68. The van der Waals surface area contributed by atoms with Gasteiger partial charge >= 0.3 is 5.97 Å². The van der Waals surface area contributed by atoms with E-state index < -0.39 is 29.4 Å². The van der Waals surface area contributed by atoms with Gasteiger partial charge in [-0.25, -0.2) is 18.7 Å². The summed E-state index contributed by atoms with van der Waals surface area (Å²) in [6, 6.07) is 9.14. The fourth-order valence-corrected chi connectivity index (χ4v) is 5.98. The van der Waals surface area contributed by atoms with Crippen LogP contribution in [0, 0.1) is 12.7 Å². The molecule has 1 atom stereocenters. The summed E-state index contributed by atoms with van der Waals surface area (Å²) in [4.78, 5) is 32.9. The number of carbonyl (C=O) groups is 2. The molecule has 6 rings (SSSR count). The van der Waals surface area contributed by atoms with Crippen molar-refractivity contribution < 1.29 is 33.3 Å². The smallest absolute Gasteiger partial charge is 0.337 e. The number of benzene rings is 2. The van der Waals surface area contributed by atoms with Gasteiger partial charge in [0.05, 0.1) is 34.8 Å². The molecule has 0 aliphatic carbocycles. The number of rotatable bonds is 3. The molecule has 11 nitrogen and oxygen atoms in total. The Kier molecular flexibility index (Phi) is 8.34. The molecule has 0 saturated carbocycles. The van der Waals surface area contributed by atoms with E-state index >= 15 is 0 Å². The first-order chi connectivity index (χ1) is 21.9. The van der Waals surface area contributed by atoms with Gasteiger partial charge in [-0.3, -0.25) is 4.79 Å². The summed E-state index contributed by atoms with van der Waals surface area (Å²) in [5.41, 5.74) is 2.11. The molecule has 4 heterocycles. The fraction of sp³-hybridized carbons (Fsp3) is 0.333. The Bertz CT molecular complexity index is 1880. The van der Waals surface area contributed by atoms with Crippen LogP contribution in [0.15, 0.2) is 48.7 Å². The standard InChI is InChI=1S/C33H33ClFN5O6/c1-18-26(30(32(42)43)46-33(2,3)4)28-21-9-10-23-29(27(21)34)39(12-14-45-23)11-5-6-13-44-24-15-20(35)8-7-19(24)17-36-31(41)22-16-25(37-18)40(28)38-22/h6-10,13,15-16,30H,5,11-12,14,17H2,1-4H3,(H,36,41)(H,42,43). The number of nitrogens with one attached hydrogen (secondary N) is 1. The van der Waals surface area contributed by atoms with Crippen LogP contribution < -0.4 is 19.7 Å².